The standard InChI is InChI=1S/C20H21F4N3O/c21-17-5-2-6-18(12-17)25-19(28)14-27-9-7-26(8-10-27)13-15-3-1-4-16(11-15)20(22,23)24/h1-6,11-12H,7-10,13-14H2,(H,25,28). The molecule has 0 spiro atoms. The van der Waals surface area contributed by atoms with Gasteiger partial charge in [0.2, 0.25) is 5.91 Å². The van der Waals surface area contributed by atoms with E-state index >= 15 is 0 Å². The number of hydrogen-bond donors (Lipinski definition) is 1. The van der Waals surface area contributed by atoms with Gasteiger partial charge in [-0.2, -0.15) is 13.2 Å². The summed E-state index contributed by atoms with van der Waals surface area (Å²) >= 11 is 0. The molecule has 0 radical (unpaired) electrons. The maximum absolute atomic E-state index is 13.2. The van der Waals surface area contributed by atoms with Crippen molar-refractivity contribution in [3.63, 3.8) is 0 Å². The summed E-state index contributed by atoms with van der Waals surface area (Å²) in [4.78, 5) is 16.1. The van der Waals surface area contributed by atoms with E-state index in [0.717, 1.165) is 6.07 Å². The monoisotopic (exact) mass is 395 g/mol. The number of nitrogens with zero attached hydrogens (tertiary/aromatic N) is 2. The Hall–Kier alpha value is -2.45. The van der Waals surface area contributed by atoms with Crippen LogP contribution < -0.4 is 5.32 Å². The van der Waals surface area contributed by atoms with Crippen molar-refractivity contribution in [3.8, 4) is 0 Å². The summed E-state index contributed by atoms with van der Waals surface area (Å²) in [7, 11) is 0. The molecule has 150 valence electrons. The number of halogens is 4. The van der Waals surface area contributed by atoms with E-state index in [0.29, 0.717) is 44.0 Å². The number of nitrogens with one attached hydrogen (secondary N) is 1. The Morgan fingerprint density at radius 2 is 1.64 bits per heavy atom. The minimum Gasteiger partial charge on any atom is -0.325 e. The van der Waals surface area contributed by atoms with Crippen LogP contribution in [0.2, 0.25) is 0 Å². The van der Waals surface area contributed by atoms with E-state index in [9.17, 15) is 22.4 Å². The molecule has 3 rings (SSSR count). The average molecular weight is 395 g/mol. The van der Waals surface area contributed by atoms with Crippen molar-refractivity contribution in [2.24, 2.45) is 0 Å². The molecule has 0 atom stereocenters. The molecule has 4 nitrogen and oxygen atoms in total. The Morgan fingerprint density at radius 1 is 0.964 bits per heavy atom. The molecule has 1 fully saturated rings. The van der Waals surface area contributed by atoms with Gasteiger partial charge in [-0.3, -0.25) is 14.6 Å². The topological polar surface area (TPSA) is 35.6 Å². The van der Waals surface area contributed by atoms with Crippen LogP contribution in [0.15, 0.2) is 48.5 Å². The van der Waals surface area contributed by atoms with Crippen LogP contribution in [0.4, 0.5) is 23.2 Å². The maximum atomic E-state index is 13.2. The minimum atomic E-state index is -4.34. The van der Waals surface area contributed by atoms with Crippen LogP contribution in [0, 0.1) is 5.82 Å². The molecular formula is C20H21F4N3O. The SMILES string of the molecule is O=C(CN1CCN(Cc2cccc(C(F)(F)F)c2)CC1)Nc1cccc(F)c1. The smallest absolute Gasteiger partial charge is 0.325 e. The van der Waals surface area contributed by atoms with Gasteiger partial charge in [0, 0.05) is 38.4 Å². The number of rotatable bonds is 5. The predicted octanol–water partition coefficient (Wildman–Crippen LogP) is 3.60. The van der Waals surface area contributed by atoms with Crippen LogP contribution in [-0.2, 0) is 17.5 Å². The second-order valence-corrected chi connectivity index (χ2v) is 6.81. The molecule has 8 heteroatoms. The summed E-state index contributed by atoms with van der Waals surface area (Å²) in [5.74, 6) is -0.641. The second kappa shape index (κ2) is 8.70. The van der Waals surface area contributed by atoms with E-state index in [1.54, 1.807) is 12.1 Å². The molecule has 1 N–H and O–H groups in total. The van der Waals surface area contributed by atoms with Gasteiger partial charge in [-0.15, -0.1) is 0 Å². The molecule has 0 aliphatic carbocycles. The number of amides is 1. The molecule has 0 bridgehead atoms. The lowest BCUT2D eigenvalue weighted by Gasteiger charge is -2.34. The summed E-state index contributed by atoms with van der Waals surface area (Å²) in [5, 5.41) is 2.66. The Balaban J connectivity index is 1.46. The maximum Gasteiger partial charge on any atom is 0.416 e. The van der Waals surface area contributed by atoms with Crippen molar-refractivity contribution < 1.29 is 22.4 Å². The lowest BCUT2D eigenvalue weighted by Crippen LogP contribution is -2.48. The van der Waals surface area contributed by atoms with Crippen molar-refractivity contribution in [2.75, 3.05) is 38.0 Å². The number of piperazine rings is 1. The van der Waals surface area contributed by atoms with Crippen LogP contribution in [0.3, 0.4) is 0 Å². The van der Waals surface area contributed by atoms with Crippen molar-refractivity contribution in [3.05, 3.63) is 65.5 Å². The van der Waals surface area contributed by atoms with Gasteiger partial charge in [-0.25, -0.2) is 4.39 Å². The van der Waals surface area contributed by atoms with Crippen LogP contribution >= 0.6 is 0 Å². The number of alkyl halides is 3. The van der Waals surface area contributed by atoms with Gasteiger partial charge >= 0.3 is 6.18 Å². The van der Waals surface area contributed by atoms with Crippen molar-refractivity contribution in [2.45, 2.75) is 12.7 Å². The summed E-state index contributed by atoms with van der Waals surface area (Å²) in [5.41, 5.74) is 0.387. The van der Waals surface area contributed by atoms with Gasteiger partial charge in [-0.05, 0) is 29.8 Å². The number of carbonyl (C=O) groups is 1. The van der Waals surface area contributed by atoms with E-state index < -0.39 is 17.6 Å². The fourth-order valence-corrected chi connectivity index (χ4v) is 3.18. The van der Waals surface area contributed by atoms with Gasteiger partial charge in [0.25, 0.3) is 0 Å². The molecule has 0 aromatic heterocycles. The molecule has 1 heterocycles. The summed E-state index contributed by atoms with van der Waals surface area (Å²) < 4.78 is 51.6. The zero-order valence-corrected chi connectivity index (χ0v) is 15.2. The largest absolute Gasteiger partial charge is 0.416 e. The van der Waals surface area contributed by atoms with Gasteiger partial charge in [0.1, 0.15) is 5.82 Å². The molecule has 2 aromatic rings. The van der Waals surface area contributed by atoms with Crippen molar-refractivity contribution in [1.29, 1.82) is 0 Å². The van der Waals surface area contributed by atoms with Crippen LogP contribution in [-0.4, -0.2) is 48.4 Å². The molecular weight excluding hydrogens is 374 g/mol. The first kappa shape index (κ1) is 20.3. The molecule has 1 saturated heterocycles. The third-order valence-electron chi connectivity index (χ3n) is 4.60. The first-order valence-corrected chi connectivity index (χ1v) is 8.96. The Labute approximate surface area is 160 Å². The van der Waals surface area contributed by atoms with Crippen LogP contribution in [0.1, 0.15) is 11.1 Å². The van der Waals surface area contributed by atoms with Crippen LogP contribution in [0.25, 0.3) is 0 Å². The van der Waals surface area contributed by atoms with Crippen molar-refractivity contribution in [1.82, 2.24) is 9.80 Å². The number of hydrogen-bond acceptors (Lipinski definition) is 3. The summed E-state index contributed by atoms with van der Waals surface area (Å²) in [6.07, 6.45) is -4.34. The van der Waals surface area contributed by atoms with E-state index in [1.165, 1.54) is 30.3 Å². The minimum absolute atomic E-state index is 0.188. The first-order valence-electron chi connectivity index (χ1n) is 8.96. The highest BCUT2D eigenvalue weighted by Crippen LogP contribution is 2.29. The van der Waals surface area contributed by atoms with Crippen molar-refractivity contribution >= 4 is 11.6 Å². The van der Waals surface area contributed by atoms with Gasteiger partial charge in [0.05, 0.1) is 12.1 Å². The Bertz CT molecular complexity index is 817. The third-order valence-corrected chi connectivity index (χ3v) is 4.60. The molecule has 2 aromatic carbocycles. The molecule has 1 aliphatic heterocycles. The highest BCUT2D eigenvalue weighted by molar-refractivity contribution is 5.92. The normalized spacial score (nSPS) is 16.1. The second-order valence-electron chi connectivity index (χ2n) is 6.81. The predicted molar refractivity (Wildman–Crippen MR) is 98.2 cm³/mol. The van der Waals surface area contributed by atoms with Crippen LogP contribution in [0.5, 0.6) is 0 Å². The Morgan fingerprint density at radius 3 is 2.32 bits per heavy atom. The number of carbonyl (C=O) groups excluding carboxylic acids is 1. The highest BCUT2D eigenvalue weighted by Gasteiger charge is 2.30. The van der Waals surface area contributed by atoms with Gasteiger partial charge < -0.3 is 5.32 Å². The van der Waals surface area contributed by atoms with Gasteiger partial charge in [0.15, 0.2) is 0 Å². The fraction of sp³-hybridized carbons (Fsp3) is 0.350. The van der Waals surface area contributed by atoms with E-state index in [1.807, 2.05) is 4.90 Å². The summed E-state index contributed by atoms with van der Waals surface area (Å²) in [6, 6.07) is 11.1. The number of anilines is 1. The average Bonchev–Trinajstić information content (AvgIpc) is 2.63. The molecule has 0 saturated carbocycles. The van der Waals surface area contributed by atoms with E-state index in [2.05, 4.69) is 10.2 Å². The van der Waals surface area contributed by atoms with Gasteiger partial charge in [-0.1, -0.05) is 24.3 Å². The zero-order chi connectivity index (χ0) is 20.1. The lowest BCUT2D eigenvalue weighted by atomic mass is 10.1. The Kier molecular flexibility index (Phi) is 6.31. The number of benzene rings is 2. The van der Waals surface area contributed by atoms with E-state index in [4.69, 9.17) is 0 Å². The third kappa shape index (κ3) is 5.77. The summed E-state index contributed by atoms with van der Waals surface area (Å²) in [6.45, 7) is 3.21. The quantitative estimate of drug-likeness (QED) is 0.786. The molecule has 28 heavy (non-hydrogen) atoms. The fourth-order valence-electron chi connectivity index (χ4n) is 3.18. The first-order chi connectivity index (χ1) is 13.3. The zero-order valence-electron chi connectivity index (χ0n) is 15.2. The molecule has 1 amide bonds. The molecule has 1 aliphatic rings. The van der Waals surface area contributed by atoms with E-state index in [-0.39, 0.29) is 12.5 Å². The lowest BCUT2D eigenvalue weighted by molar-refractivity contribution is -0.137. The molecule has 0 unspecified atom stereocenters. The highest BCUT2D eigenvalue weighted by atomic mass is 19.4.